The second-order valence-electron chi connectivity index (χ2n) is 8.14. The fraction of sp³-hybridized carbons (Fsp3) is 0.364. The summed E-state index contributed by atoms with van der Waals surface area (Å²) in [5.41, 5.74) is 2.03. The maximum Gasteiger partial charge on any atom is 0.258 e. The molecule has 9 heteroatoms. The molecule has 0 unspecified atom stereocenters. The summed E-state index contributed by atoms with van der Waals surface area (Å²) in [6.07, 6.45) is 1.07. The maximum atomic E-state index is 12.6. The lowest BCUT2D eigenvalue weighted by Gasteiger charge is -2.29. The van der Waals surface area contributed by atoms with Gasteiger partial charge in [-0.25, -0.2) is 8.42 Å². The fourth-order valence-corrected chi connectivity index (χ4v) is 3.39. The molecule has 0 saturated heterocycles. The van der Waals surface area contributed by atoms with E-state index in [4.69, 9.17) is 4.74 Å². The highest BCUT2D eigenvalue weighted by Gasteiger charge is 2.21. The molecule has 0 spiro atoms. The first-order valence-electron chi connectivity index (χ1n) is 9.83. The van der Waals surface area contributed by atoms with Crippen LogP contribution in [0.15, 0.2) is 48.5 Å². The van der Waals surface area contributed by atoms with Gasteiger partial charge >= 0.3 is 0 Å². The van der Waals surface area contributed by atoms with Crippen LogP contribution in [0.25, 0.3) is 0 Å². The second kappa shape index (κ2) is 10.4. The minimum atomic E-state index is -3.36. The summed E-state index contributed by atoms with van der Waals surface area (Å²) in [7, 11) is 0.459. The molecule has 0 fully saturated rings. The molecule has 1 amide bonds. The zero-order valence-electron chi connectivity index (χ0n) is 18.3. The number of nitrogens with zero attached hydrogens (tertiary/aromatic N) is 1. The number of hydrogen-bond acceptors (Lipinski definition) is 5. The van der Waals surface area contributed by atoms with Gasteiger partial charge in [0.25, 0.3) is 5.91 Å². The molecule has 31 heavy (non-hydrogen) atoms. The number of ketones is 1. The number of nitrogens with one attached hydrogen (secondary N) is 2. The molecule has 168 valence electrons. The number of likely N-dealkylation sites (N-methyl/N-ethyl adjacent to an activating group) is 1. The van der Waals surface area contributed by atoms with E-state index in [0.29, 0.717) is 34.6 Å². The van der Waals surface area contributed by atoms with Crippen molar-refractivity contribution < 1.29 is 27.2 Å². The van der Waals surface area contributed by atoms with Gasteiger partial charge in [0.2, 0.25) is 15.8 Å². The molecular formula is C22H30N3O5S+. The van der Waals surface area contributed by atoms with Gasteiger partial charge in [-0.05, 0) is 43.3 Å². The summed E-state index contributed by atoms with van der Waals surface area (Å²) >= 11 is 0. The number of amides is 1. The van der Waals surface area contributed by atoms with Gasteiger partial charge in [0, 0.05) is 11.3 Å². The van der Waals surface area contributed by atoms with E-state index in [9.17, 15) is 18.0 Å². The largest absolute Gasteiger partial charge is 0.484 e. The van der Waals surface area contributed by atoms with Crippen molar-refractivity contribution in [2.24, 2.45) is 0 Å². The quantitative estimate of drug-likeness (QED) is 0.403. The summed E-state index contributed by atoms with van der Waals surface area (Å²) in [5, 5.41) is 2.81. The Labute approximate surface area is 183 Å². The Morgan fingerprint density at radius 2 is 1.61 bits per heavy atom. The van der Waals surface area contributed by atoms with Crippen molar-refractivity contribution in [3.05, 3.63) is 59.7 Å². The molecule has 0 atom stereocenters. The van der Waals surface area contributed by atoms with Gasteiger partial charge in [-0.1, -0.05) is 17.7 Å². The van der Waals surface area contributed by atoms with Crippen LogP contribution < -0.4 is 14.8 Å². The highest BCUT2D eigenvalue weighted by atomic mass is 32.2. The molecule has 0 aliphatic heterocycles. The lowest BCUT2D eigenvalue weighted by atomic mass is 10.1. The summed E-state index contributed by atoms with van der Waals surface area (Å²) in [4.78, 5) is 24.6. The lowest BCUT2D eigenvalue weighted by molar-refractivity contribution is -0.880. The smallest absolute Gasteiger partial charge is 0.258 e. The van der Waals surface area contributed by atoms with Crippen molar-refractivity contribution in [1.82, 2.24) is 5.32 Å². The van der Waals surface area contributed by atoms with E-state index in [1.807, 2.05) is 45.3 Å². The molecule has 0 bridgehead atoms. The molecule has 0 radical (unpaired) electrons. The van der Waals surface area contributed by atoms with Gasteiger partial charge in [-0.3, -0.25) is 14.3 Å². The number of carbonyl (C=O) groups excluding carboxylic acids is 2. The number of benzene rings is 2. The van der Waals surface area contributed by atoms with Gasteiger partial charge in [-0.2, -0.15) is 0 Å². The molecule has 8 nitrogen and oxygen atoms in total. The van der Waals surface area contributed by atoms with Crippen LogP contribution in [0.4, 0.5) is 5.69 Å². The topological polar surface area (TPSA) is 102 Å². The van der Waals surface area contributed by atoms with Crippen LogP contribution >= 0.6 is 0 Å². The van der Waals surface area contributed by atoms with E-state index in [1.54, 1.807) is 24.3 Å². The molecule has 2 N–H and O–H groups in total. The molecule has 0 saturated carbocycles. The van der Waals surface area contributed by atoms with E-state index in [2.05, 4.69) is 10.0 Å². The normalized spacial score (nSPS) is 11.6. The minimum absolute atomic E-state index is 0.0649. The first-order chi connectivity index (χ1) is 14.4. The van der Waals surface area contributed by atoms with Crippen LogP contribution in [0.5, 0.6) is 5.75 Å². The summed E-state index contributed by atoms with van der Waals surface area (Å²) in [5.74, 6) is 0.353. The molecule has 2 aromatic carbocycles. The Morgan fingerprint density at radius 3 is 2.19 bits per heavy atom. The zero-order chi connectivity index (χ0) is 23.1. The summed E-state index contributed by atoms with van der Waals surface area (Å²) < 4.78 is 30.7. The zero-order valence-corrected chi connectivity index (χ0v) is 19.2. The van der Waals surface area contributed by atoms with Crippen LogP contribution in [0.1, 0.15) is 15.9 Å². The van der Waals surface area contributed by atoms with Crippen LogP contribution in [0, 0.1) is 6.92 Å². The Balaban J connectivity index is 1.76. The fourth-order valence-electron chi connectivity index (χ4n) is 2.83. The van der Waals surface area contributed by atoms with Gasteiger partial charge in [0.15, 0.2) is 6.61 Å². The molecule has 2 aromatic rings. The number of aryl methyl sites for hydroxylation is 1. The SMILES string of the molecule is Cc1ccc(OCC(=O)NCC[N+](C)(C)CC(=O)c2ccc(NS(C)(=O)=O)cc2)cc1. The second-order valence-corrected chi connectivity index (χ2v) is 9.89. The van der Waals surface area contributed by atoms with Gasteiger partial charge < -0.3 is 14.5 Å². The third kappa shape index (κ3) is 9.18. The van der Waals surface area contributed by atoms with Crippen molar-refractivity contribution >= 4 is 27.4 Å². The number of rotatable bonds is 11. The van der Waals surface area contributed by atoms with E-state index in [0.717, 1.165) is 11.8 Å². The number of quaternary nitrogens is 1. The van der Waals surface area contributed by atoms with Crippen LogP contribution in [-0.4, -0.2) is 71.2 Å². The first kappa shape index (κ1) is 24.4. The molecule has 0 aliphatic rings. The van der Waals surface area contributed by atoms with Gasteiger partial charge in [0.05, 0.1) is 33.4 Å². The Kier molecular flexibility index (Phi) is 8.18. The summed E-state index contributed by atoms with van der Waals surface area (Å²) in [6.45, 7) is 3.13. The number of anilines is 1. The molecule has 0 heterocycles. The van der Waals surface area contributed by atoms with Crippen molar-refractivity contribution in [2.45, 2.75) is 6.92 Å². The van der Waals surface area contributed by atoms with Crippen LogP contribution in [0.2, 0.25) is 0 Å². The molecule has 0 aliphatic carbocycles. The Morgan fingerprint density at radius 1 is 1.00 bits per heavy atom. The van der Waals surface area contributed by atoms with Crippen molar-refractivity contribution in [1.29, 1.82) is 0 Å². The molecule has 0 aromatic heterocycles. The first-order valence-corrected chi connectivity index (χ1v) is 11.7. The van der Waals surface area contributed by atoms with Crippen LogP contribution in [0.3, 0.4) is 0 Å². The highest BCUT2D eigenvalue weighted by molar-refractivity contribution is 7.92. The third-order valence-electron chi connectivity index (χ3n) is 4.51. The standard InChI is InChI=1S/C22H29N3O5S/c1-17-5-11-20(12-6-17)30-16-22(27)23-13-14-25(2,3)15-21(26)18-7-9-19(10-8-18)24-31(4,28)29/h5-12H,13-16H2,1-4H3,(H-,23,24,26,27)/p+1. The highest BCUT2D eigenvalue weighted by Crippen LogP contribution is 2.13. The number of carbonyl (C=O) groups is 2. The minimum Gasteiger partial charge on any atom is -0.484 e. The van der Waals surface area contributed by atoms with Crippen molar-refractivity contribution in [2.75, 3.05) is 51.3 Å². The Bertz CT molecular complexity index is 1000. The number of Topliss-reactive ketones (excluding diaryl/α,β-unsaturated/α-hetero) is 1. The van der Waals surface area contributed by atoms with Crippen LogP contribution in [-0.2, 0) is 14.8 Å². The van der Waals surface area contributed by atoms with E-state index < -0.39 is 10.0 Å². The average Bonchev–Trinajstić information content (AvgIpc) is 2.66. The lowest BCUT2D eigenvalue weighted by Crippen LogP contribution is -2.48. The van der Waals surface area contributed by atoms with Crippen molar-refractivity contribution in [3.8, 4) is 5.75 Å². The molecule has 2 rings (SSSR count). The van der Waals surface area contributed by atoms with E-state index in [1.165, 1.54) is 0 Å². The van der Waals surface area contributed by atoms with Gasteiger partial charge in [-0.15, -0.1) is 0 Å². The molecular weight excluding hydrogens is 418 g/mol. The predicted octanol–water partition coefficient (Wildman–Crippen LogP) is 1.82. The monoisotopic (exact) mass is 448 g/mol. The summed E-state index contributed by atoms with van der Waals surface area (Å²) in [6, 6.07) is 13.8. The number of sulfonamides is 1. The van der Waals surface area contributed by atoms with E-state index in [-0.39, 0.29) is 24.8 Å². The average molecular weight is 449 g/mol. The van der Waals surface area contributed by atoms with Crippen molar-refractivity contribution in [3.63, 3.8) is 0 Å². The van der Waals surface area contributed by atoms with Gasteiger partial charge in [0.1, 0.15) is 12.3 Å². The maximum absolute atomic E-state index is 12.6. The third-order valence-corrected chi connectivity index (χ3v) is 5.12. The number of hydrogen-bond donors (Lipinski definition) is 2. The van der Waals surface area contributed by atoms with E-state index >= 15 is 0 Å². The Hall–Kier alpha value is -2.91. The predicted molar refractivity (Wildman–Crippen MR) is 121 cm³/mol. The number of ether oxygens (including phenoxy) is 1.